The van der Waals surface area contributed by atoms with Crippen molar-refractivity contribution in [2.75, 3.05) is 36.0 Å². The lowest BCUT2D eigenvalue weighted by molar-refractivity contribution is -0.119. The normalized spacial score (nSPS) is 19.5. The summed E-state index contributed by atoms with van der Waals surface area (Å²) in [7, 11) is 0. The average molecular weight is 353 g/mol. The van der Waals surface area contributed by atoms with Crippen LogP contribution in [0.3, 0.4) is 0 Å². The number of para-hydroxylation sites is 1. The van der Waals surface area contributed by atoms with Gasteiger partial charge in [-0.15, -0.1) is 0 Å². The molecule has 3 heterocycles. The Kier molecular flexibility index (Phi) is 4.46. The molecule has 0 aliphatic carbocycles. The summed E-state index contributed by atoms with van der Waals surface area (Å²) in [5, 5.41) is 7.52. The zero-order valence-electron chi connectivity index (χ0n) is 14.9. The summed E-state index contributed by atoms with van der Waals surface area (Å²) in [6.07, 6.45) is 2.52. The highest BCUT2D eigenvalue weighted by atomic mass is 16.2. The van der Waals surface area contributed by atoms with E-state index in [4.69, 9.17) is 0 Å². The Hall–Kier alpha value is -2.67. The van der Waals surface area contributed by atoms with Gasteiger partial charge in [0.15, 0.2) is 0 Å². The predicted molar refractivity (Wildman–Crippen MR) is 101 cm³/mol. The zero-order valence-corrected chi connectivity index (χ0v) is 14.9. The molecule has 1 aromatic carbocycles. The SMILES string of the molecule is CC1Cc2ccccc2N1C(=O)Cn1ncc(N2CCNCC2)cc1=O. The zero-order chi connectivity index (χ0) is 18.1. The molecule has 4 rings (SSSR count). The van der Waals surface area contributed by atoms with E-state index >= 15 is 0 Å². The molecule has 2 aromatic rings. The first-order valence-corrected chi connectivity index (χ1v) is 9.06. The molecular formula is C19H23N5O2. The quantitative estimate of drug-likeness (QED) is 0.877. The Morgan fingerprint density at radius 2 is 2.04 bits per heavy atom. The van der Waals surface area contributed by atoms with E-state index in [1.165, 1.54) is 10.2 Å². The molecule has 0 bridgehead atoms. The summed E-state index contributed by atoms with van der Waals surface area (Å²) in [4.78, 5) is 29.2. The molecule has 1 saturated heterocycles. The predicted octanol–water partition coefficient (Wildman–Crippen LogP) is 0.631. The number of anilines is 2. The van der Waals surface area contributed by atoms with E-state index in [0.29, 0.717) is 0 Å². The lowest BCUT2D eigenvalue weighted by Gasteiger charge is -2.29. The van der Waals surface area contributed by atoms with E-state index in [1.807, 2.05) is 31.2 Å². The number of rotatable bonds is 3. The van der Waals surface area contributed by atoms with Crippen LogP contribution < -0.4 is 20.7 Å². The number of nitrogens with one attached hydrogen (secondary N) is 1. The molecule has 1 fully saturated rings. The molecule has 2 aliphatic heterocycles. The molecular weight excluding hydrogens is 330 g/mol. The molecule has 1 atom stereocenters. The first-order valence-electron chi connectivity index (χ1n) is 9.06. The summed E-state index contributed by atoms with van der Waals surface area (Å²) in [5.74, 6) is -0.105. The first kappa shape index (κ1) is 16.8. The van der Waals surface area contributed by atoms with Gasteiger partial charge in [0.25, 0.3) is 5.56 Å². The van der Waals surface area contributed by atoms with E-state index < -0.39 is 0 Å². The van der Waals surface area contributed by atoms with Gasteiger partial charge in [-0.2, -0.15) is 5.10 Å². The largest absolute Gasteiger partial charge is 0.368 e. The Morgan fingerprint density at radius 1 is 1.27 bits per heavy atom. The van der Waals surface area contributed by atoms with Crippen LogP contribution in [-0.2, 0) is 17.8 Å². The monoisotopic (exact) mass is 353 g/mol. The maximum Gasteiger partial charge on any atom is 0.269 e. The Balaban J connectivity index is 1.52. The summed E-state index contributed by atoms with van der Waals surface area (Å²) >= 11 is 0. The van der Waals surface area contributed by atoms with Gasteiger partial charge in [0, 0.05) is 44.0 Å². The second kappa shape index (κ2) is 6.92. The second-order valence-electron chi connectivity index (χ2n) is 6.89. The molecule has 2 aliphatic rings. The molecule has 1 N–H and O–H groups in total. The highest BCUT2D eigenvalue weighted by molar-refractivity contribution is 5.96. The number of amides is 1. The molecule has 0 spiro atoms. The minimum Gasteiger partial charge on any atom is -0.368 e. The van der Waals surface area contributed by atoms with Gasteiger partial charge in [0.1, 0.15) is 6.54 Å². The minimum absolute atomic E-state index is 0.0423. The number of aromatic nitrogens is 2. The van der Waals surface area contributed by atoms with Crippen LogP contribution in [0.4, 0.5) is 11.4 Å². The van der Waals surface area contributed by atoms with Crippen LogP contribution in [0.5, 0.6) is 0 Å². The number of carbonyl (C=O) groups is 1. The van der Waals surface area contributed by atoms with Crippen molar-refractivity contribution < 1.29 is 4.79 Å². The fraction of sp³-hybridized carbons (Fsp3) is 0.421. The standard InChI is InChI=1S/C19H23N5O2/c1-14-10-15-4-2-3-5-17(15)24(14)19(26)13-23-18(25)11-16(12-21-23)22-8-6-20-7-9-22/h2-5,11-12,14,20H,6-10,13H2,1H3. The molecule has 0 saturated carbocycles. The number of piperazine rings is 1. The van der Waals surface area contributed by atoms with Crippen LogP contribution in [-0.4, -0.2) is 47.9 Å². The summed E-state index contributed by atoms with van der Waals surface area (Å²) in [5.41, 5.74) is 2.69. The van der Waals surface area contributed by atoms with E-state index in [-0.39, 0.29) is 24.1 Å². The third-order valence-electron chi connectivity index (χ3n) is 5.10. The summed E-state index contributed by atoms with van der Waals surface area (Å²) in [6, 6.07) is 9.60. The highest BCUT2D eigenvalue weighted by Crippen LogP contribution is 2.31. The molecule has 7 nitrogen and oxygen atoms in total. The number of benzene rings is 1. The van der Waals surface area contributed by atoms with Gasteiger partial charge in [0.2, 0.25) is 5.91 Å². The van der Waals surface area contributed by atoms with Gasteiger partial charge < -0.3 is 15.1 Å². The van der Waals surface area contributed by atoms with Crippen molar-refractivity contribution in [3.8, 4) is 0 Å². The Labute approximate surface area is 152 Å². The topological polar surface area (TPSA) is 70.5 Å². The molecule has 26 heavy (non-hydrogen) atoms. The van der Waals surface area contributed by atoms with Crippen LogP contribution in [0.2, 0.25) is 0 Å². The van der Waals surface area contributed by atoms with Crippen molar-refractivity contribution >= 4 is 17.3 Å². The van der Waals surface area contributed by atoms with Crippen LogP contribution in [0.1, 0.15) is 12.5 Å². The number of hydrogen-bond donors (Lipinski definition) is 1. The van der Waals surface area contributed by atoms with Crippen molar-refractivity contribution in [3.63, 3.8) is 0 Å². The lowest BCUT2D eigenvalue weighted by Crippen LogP contribution is -2.44. The van der Waals surface area contributed by atoms with E-state index in [1.54, 1.807) is 17.2 Å². The van der Waals surface area contributed by atoms with Crippen molar-refractivity contribution in [3.05, 3.63) is 52.4 Å². The number of carbonyl (C=O) groups excluding carboxylic acids is 1. The van der Waals surface area contributed by atoms with Crippen molar-refractivity contribution in [1.29, 1.82) is 0 Å². The molecule has 0 radical (unpaired) electrons. The van der Waals surface area contributed by atoms with Gasteiger partial charge in [-0.05, 0) is 25.0 Å². The molecule has 1 aromatic heterocycles. The molecule has 1 unspecified atom stereocenters. The first-order chi connectivity index (χ1) is 12.6. The Bertz CT molecular complexity index is 872. The third kappa shape index (κ3) is 3.10. The Morgan fingerprint density at radius 3 is 2.81 bits per heavy atom. The van der Waals surface area contributed by atoms with E-state index in [9.17, 15) is 9.59 Å². The third-order valence-corrected chi connectivity index (χ3v) is 5.10. The maximum atomic E-state index is 12.8. The number of fused-ring (bicyclic) bond motifs is 1. The fourth-order valence-electron chi connectivity index (χ4n) is 3.79. The smallest absolute Gasteiger partial charge is 0.269 e. The lowest BCUT2D eigenvalue weighted by atomic mass is 10.1. The summed E-state index contributed by atoms with van der Waals surface area (Å²) < 4.78 is 1.25. The minimum atomic E-state index is -0.241. The van der Waals surface area contributed by atoms with Crippen LogP contribution >= 0.6 is 0 Å². The van der Waals surface area contributed by atoms with Crippen LogP contribution in [0.15, 0.2) is 41.3 Å². The molecule has 136 valence electrons. The van der Waals surface area contributed by atoms with Gasteiger partial charge >= 0.3 is 0 Å². The van der Waals surface area contributed by atoms with E-state index in [2.05, 4.69) is 15.3 Å². The average Bonchev–Trinajstić information content (AvgIpc) is 3.00. The number of hydrogen-bond acceptors (Lipinski definition) is 5. The molecule has 1 amide bonds. The molecule has 7 heteroatoms. The van der Waals surface area contributed by atoms with Crippen LogP contribution in [0, 0.1) is 0 Å². The van der Waals surface area contributed by atoms with Gasteiger partial charge in [-0.25, -0.2) is 4.68 Å². The maximum absolute atomic E-state index is 12.8. The summed E-state index contributed by atoms with van der Waals surface area (Å²) in [6.45, 7) is 5.49. The van der Waals surface area contributed by atoms with Crippen molar-refractivity contribution in [1.82, 2.24) is 15.1 Å². The van der Waals surface area contributed by atoms with Gasteiger partial charge in [-0.3, -0.25) is 9.59 Å². The highest BCUT2D eigenvalue weighted by Gasteiger charge is 2.30. The van der Waals surface area contributed by atoms with Crippen molar-refractivity contribution in [2.24, 2.45) is 0 Å². The van der Waals surface area contributed by atoms with Gasteiger partial charge in [-0.1, -0.05) is 18.2 Å². The van der Waals surface area contributed by atoms with Gasteiger partial charge in [0.05, 0.1) is 11.9 Å². The van der Waals surface area contributed by atoms with E-state index in [0.717, 1.165) is 44.0 Å². The number of nitrogens with zero attached hydrogens (tertiary/aromatic N) is 4. The van der Waals surface area contributed by atoms with Crippen LogP contribution in [0.25, 0.3) is 0 Å². The second-order valence-corrected chi connectivity index (χ2v) is 6.89. The fourth-order valence-corrected chi connectivity index (χ4v) is 3.79. The van der Waals surface area contributed by atoms with Crippen molar-refractivity contribution in [2.45, 2.75) is 25.9 Å².